The number of thiazole rings is 1. The summed E-state index contributed by atoms with van der Waals surface area (Å²) in [5, 5.41) is 10.6. The van der Waals surface area contributed by atoms with E-state index >= 15 is 0 Å². The summed E-state index contributed by atoms with van der Waals surface area (Å²) in [6, 6.07) is 7.90. The van der Waals surface area contributed by atoms with Crippen LogP contribution < -0.4 is 0 Å². The van der Waals surface area contributed by atoms with Crippen LogP contribution in [0.4, 0.5) is 0 Å². The van der Waals surface area contributed by atoms with Gasteiger partial charge < -0.3 is 0 Å². The Balaban J connectivity index is 2.28. The molecule has 1 aromatic carbocycles. The fourth-order valence-electron chi connectivity index (χ4n) is 1.53. The van der Waals surface area contributed by atoms with Gasteiger partial charge in [-0.2, -0.15) is 9.57 Å². The van der Waals surface area contributed by atoms with Gasteiger partial charge >= 0.3 is 0 Å². The zero-order chi connectivity index (χ0) is 13.9. The molecule has 0 spiro atoms. The van der Waals surface area contributed by atoms with Crippen LogP contribution in [-0.4, -0.2) is 24.8 Å². The van der Waals surface area contributed by atoms with Crippen LogP contribution in [0.2, 0.25) is 0 Å². The minimum absolute atomic E-state index is 0.115. The minimum Gasteiger partial charge on any atom is -0.248 e. The molecule has 0 saturated heterocycles. The lowest BCUT2D eigenvalue weighted by Gasteiger charge is -2.16. The maximum Gasteiger partial charge on any atom is 0.243 e. The Morgan fingerprint density at radius 3 is 2.89 bits per heavy atom. The summed E-state index contributed by atoms with van der Waals surface area (Å²) in [6.45, 7) is 0.211. The fourth-order valence-corrected chi connectivity index (χ4v) is 3.27. The monoisotopic (exact) mass is 293 g/mol. The quantitative estimate of drug-likeness (QED) is 0.862. The molecule has 0 radical (unpaired) electrons. The standard InChI is InChI=1S/C12H11N3O2S2/c1-15(7-11-8-18-9-14-11)19(16,17)12-4-2-3-10(5-12)6-13/h2-5,8-9H,7H2,1H3. The summed E-state index contributed by atoms with van der Waals surface area (Å²) >= 11 is 1.42. The largest absolute Gasteiger partial charge is 0.248 e. The molecule has 1 heterocycles. The van der Waals surface area contributed by atoms with Gasteiger partial charge in [-0.1, -0.05) is 6.07 Å². The van der Waals surface area contributed by atoms with Crippen molar-refractivity contribution in [3.05, 3.63) is 46.4 Å². The van der Waals surface area contributed by atoms with Gasteiger partial charge in [-0.25, -0.2) is 13.4 Å². The highest BCUT2D eigenvalue weighted by atomic mass is 32.2. The van der Waals surface area contributed by atoms with Gasteiger partial charge in [0.05, 0.1) is 34.3 Å². The predicted molar refractivity (Wildman–Crippen MR) is 71.9 cm³/mol. The summed E-state index contributed by atoms with van der Waals surface area (Å²) in [5.74, 6) is 0. The van der Waals surface area contributed by atoms with Crippen molar-refractivity contribution in [2.45, 2.75) is 11.4 Å². The van der Waals surface area contributed by atoms with Crippen molar-refractivity contribution in [3.8, 4) is 6.07 Å². The molecule has 0 amide bonds. The smallest absolute Gasteiger partial charge is 0.243 e. The van der Waals surface area contributed by atoms with Gasteiger partial charge in [0.2, 0.25) is 10.0 Å². The van der Waals surface area contributed by atoms with Gasteiger partial charge in [0.1, 0.15) is 0 Å². The number of aromatic nitrogens is 1. The van der Waals surface area contributed by atoms with Crippen LogP contribution in [0.5, 0.6) is 0 Å². The molecule has 7 heteroatoms. The molecule has 0 fully saturated rings. The Hall–Kier alpha value is -1.75. The molecular formula is C12H11N3O2S2. The molecule has 0 N–H and O–H groups in total. The van der Waals surface area contributed by atoms with E-state index in [0.29, 0.717) is 11.3 Å². The van der Waals surface area contributed by atoms with E-state index in [9.17, 15) is 8.42 Å². The van der Waals surface area contributed by atoms with Crippen LogP contribution in [0.1, 0.15) is 11.3 Å². The van der Waals surface area contributed by atoms with Crippen molar-refractivity contribution in [1.82, 2.24) is 9.29 Å². The molecule has 0 unspecified atom stereocenters. The van der Waals surface area contributed by atoms with Crippen molar-refractivity contribution < 1.29 is 8.42 Å². The first kappa shape index (κ1) is 13.7. The molecule has 0 aliphatic rings. The predicted octanol–water partition coefficient (Wildman–Crippen LogP) is 1.84. The highest BCUT2D eigenvalue weighted by Crippen LogP contribution is 2.17. The Bertz CT molecular complexity index is 703. The highest BCUT2D eigenvalue weighted by Gasteiger charge is 2.21. The van der Waals surface area contributed by atoms with Crippen LogP contribution in [0, 0.1) is 11.3 Å². The van der Waals surface area contributed by atoms with E-state index < -0.39 is 10.0 Å². The van der Waals surface area contributed by atoms with Gasteiger partial charge in [0, 0.05) is 12.4 Å². The zero-order valence-electron chi connectivity index (χ0n) is 10.1. The van der Waals surface area contributed by atoms with E-state index in [1.807, 2.05) is 6.07 Å². The van der Waals surface area contributed by atoms with E-state index in [1.54, 1.807) is 23.0 Å². The molecule has 5 nitrogen and oxygen atoms in total. The Morgan fingerprint density at radius 2 is 2.26 bits per heavy atom. The van der Waals surface area contributed by atoms with Crippen molar-refractivity contribution in [3.63, 3.8) is 0 Å². The lowest BCUT2D eigenvalue weighted by Crippen LogP contribution is -2.26. The van der Waals surface area contributed by atoms with E-state index in [0.717, 1.165) is 0 Å². The Kier molecular flexibility index (Phi) is 3.95. The summed E-state index contributed by atoms with van der Waals surface area (Å²) in [7, 11) is -2.11. The second-order valence-electron chi connectivity index (χ2n) is 3.88. The second kappa shape index (κ2) is 5.48. The normalized spacial score (nSPS) is 11.4. The molecule has 2 rings (SSSR count). The first-order chi connectivity index (χ1) is 9.04. The highest BCUT2D eigenvalue weighted by molar-refractivity contribution is 7.89. The average Bonchev–Trinajstić information content (AvgIpc) is 2.91. The SMILES string of the molecule is CN(Cc1cscn1)S(=O)(=O)c1cccc(C#N)c1. The number of benzene rings is 1. The van der Waals surface area contributed by atoms with Crippen molar-refractivity contribution in [1.29, 1.82) is 5.26 Å². The van der Waals surface area contributed by atoms with Crippen molar-refractivity contribution in [2.24, 2.45) is 0 Å². The number of sulfonamides is 1. The lowest BCUT2D eigenvalue weighted by molar-refractivity contribution is 0.463. The van der Waals surface area contributed by atoms with Crippen LogP contribution >= 0.6 is 11.3 Å². The Labute approximate surface area is 115 Å². The van der Waals surface area contributed by atoms with Gasteiger partial charge in [-0.15, -0.1) is 11.3 Å². The third-order valence-corrected chi connectivity index (χ3v) is 4.97. The molecule has 1 aromatic heterocycles. The van der Waals surface area contributed by atoms with E-state index in [-0.39, 0.29) is 11.4 Å². The van der Waals surface area contributed by atoms with E-state index in [4.69, 9.17) is 5.26 Å². The van der Waals surface area contributed by atoms with Gasteiger partial charge in [-0.3, -0.25) is 0 Å². The molecule has 0 saturated carbocycles. The van der Waals surface area contributed by atoms with E-state index in [2.05, 4.69) is 4.98 Å². The van der Waals surface area contributed by atoms with Gasteiger partial charge in [0.15, 0.2) is 0 Å². The van der Waals surface area contributed by atoms with Gasteiger partial charge in [-0.05, 0) is 18.2 Å². The minimum atomic E-state index is -3.60. The third kappa shape index (κ3) is 2.98. The number of nitriles is 1. The maximum absolute atomic E-state index is 12.3. The molecule has 2 aromatic rings. The third-order valence-electron chi connectivity index (χ3n) is 2.54. The van der Waals surface area contributed by atoms with Crippen LogP contribution in [0.3, 0.4) is 0 Å². The molecule has 0 aliphatic carbocycles. The molecule has 19 heavy (non-hydrogen) atoms. The Morgan fingerprint density at radius 1 is 1.47 bits per heavy atom. The van der Waals surface area contributed by atoms with Crippen LogP contribution in [0.15, 0.2) is 40.1 Å². The van der Waals surface area contributed by atoms with E-state index in [1.165, 1.54) is 34.8 Å². The second-order valence-corrected chi connectivity index (χ2v) is 6.64. The number of hydrogen-bond acceptors (Lipinski definition) is 5. The summed E-state index contributed by atoms with van der Waals surface area (Å²) in [5.41, 5.74) is 2.68. The van der Waals surface area contributed by atoms with Crippen molar-refractivity contribution >= 4 is 21.4 Å². The summed E-state index contributed by atoms with van der Waals surface area (Å²) in [6.07, 6.45) is 0. The van der Waals surface area contributed by atoms with Crippen molar-refractivity contribution in [2.75, 3.05) is 7.05 Å². The fraction of sp³-hybridized carbons (Fsp3) is 0.167. The van der Waals surface area contributed by atoms with Crippen LogP contribution in [0.25, 0.3) is 0 Å². The molecule has 0 bridgehead atoms. The average molecular weight is 293 g/mol. The topological polar surface area (TPSA) is 74.1 Å². The number of hydrogen-bond donors (Lipinski definition) is 0. The van der Waals surface area contributed by atoms with Gasteiger partial charge in [0.25, 0.3) is 0 Å². The van der Waals surface area contributed by atoms with Crippen LogP contribution in [-0.2, 0) is 16.6 Å². The first-order valence-corrected chi connectivity index (χ1v) is 7.76. The summed E-state index contributed by atoms with van der Waals surface area (Å²) in [4.78, 5) is 4.17. The molecular weight excluding hydrogens is 282 g/mol. The lowest BCUT2D eigenvalue weighted by atomic mass is 10.2. The maximum atomic E-state index is 12.3. The number of nitrogens with zero attached hydrogens (tertiary/aromatic N) is 3. The molecule has 0 aliphatic heterocycles. The summed E-state index contributed by atoms with van der Waals surface area (Å²) < 4.78 is 25.9. The first-order valence-electron chi connectivity index (χ1n) is 5.37. The number of rotatable bonds is 4. The molecule has 98 valence electrons. The zero-order valence-corrected chi connectivity index (χ0v) is 11.8. The molecule has 0 atom stereocenters.